The molecule has 0 spiro atoms. The maximum Gasteiger partial charge on any atom is 0.166 e. The van der Waals surface area contributed by atoms with Crippen LogP contribution in [-0.4, -0.2) is 26.3 Å². The molecule has 6 heteroatoms. The molecule has 0 aliphatic carbocycles. The Morgan fingerprint density at radius 1 is 1.16 bits per heavy atom. The van der Waals surface area contributed by atoms with Gasteiger partial charge in [0.15, 0.2) is 5.82 Å². The average molecular weight is 334 g/mol. The average Bonchev–Trinajstić information content (AvgIpc) is 3.07. The molecule has 128 valence electrons. The van der Waals surface area contributed by atoms with Crippen LogP contribution in [0.1, 0.15) is 37.1 Å². The molecule has 2 aromatic heterocycles. The molecule has 25 heavy (non-hydrogen) atoms. The van der Waals surface area contributed by atoms with Gasteiger partial charge in [0.1, 0.15) is 11.6 Å². The Morgan fingerprint density at radius 3 is 2.76 bits per heavy atom. The fraction of sp³-hybridized carbons (Fsp3) is 0.368. The molecule has 0 bridgehead atoms. The summed E-state index contributed by atoms with van der Waals surface area (Å²) in [6.45, 7) is 5.67. The summed E-state index contributed by atoms with van der Waals surface area (Å²) in [5.74, 6) is 0.590. The molecule has 0 amide bonds. The van der Waals surface area contributed by atoms with Gasteiger partial charge in [0.2, 0.25) is 0 Å². The topological polar surface area (TPSA) is 79.4 Å². The van der Waals surface area contributed by atoms with Gasteiger partial charge in [0.05, 0.1) is 23.1 Å². The lowest BCUT2D eigenvalue weighted by atomic mass is 10.0. The fourth-order valence-corrected chi connectivity index (χ4v) is 3.06. The molecule has 3 aromatic rings. The number of hydrogen-bond acceptors (Lipinski definition) is 5. The Kier molecular flexibility index (Phi) is 5.24. The van der Waals surface area contributed by atoms with E-state index in [0.29, 0.717) is 11.4 Å². The van der Waals surface area contributed by atoms with Gasteiger partial charge in [-0.15, -0.1) is 5.10 Å². The van der Waals surface area contributed by atoms with Crippen molar-refractivity contribution in [2.45, 2.75) is 39.7 Å². The van der Waals surface area contributed by atoms with Crippen LogP contribution in [0.25, 0.3) is 11.0 Å². The van der Waals surface area contributed by atoms with E-state index < -0.39 is 0 Å². The van der Waals surface area contributed by atoms with Crippen LogP contribution in [0.3, 0.4) is 0 Å². The molecule has 0 fully saturated rings. The first-order valence-electron chi connectivity index (χ1n) is 8.70. The number of aromatic nitrogens is 4. The molecule has 0 aliphatic rings. The standard InChI is InChI=1S/C19H22N6/c1-3-14-15(12-20)19(24-23-16(14)4-2)21-10-7-11-25-13-22-17-8-5-6-9-18(17)25/h5-6,8-9,13H,3-4,7,10-11H2,1-2H3,(H,21,24). The molecule has 3 rings (SSSR count). The van der Waals surface area contributed by atoms with Gasteiger partial charge in [-0.05, 0) is 37.0 Å². The van der Waals surface area contributed by atoms with Crippen LogP contribution in [0.5, 0.6) is 0 Å². The summed E-state index contributed by atoms with van der Waals surface area (Å²) < 4.78 is 2.14. The van der Waals surface area contributed by atoms with E-state index in [1.54, 1.807) is 0 Å². The van der Waals surface area contributed by atoms with Crippen LogP contribution in [0.2, 0.25) is 0 Å². The van der Waals surface area contributed by atoms with E-state index in [1.165, 1.54) is 0 Å². The van der Waals surface area contributed by atoms with Crippen molar-refractivity contribution in [3.63, 3.8) is 0 Å². The first-order chi connectivity index (χ1) is 12.3. The number of para-hydroxylation sites is 2. The SMILES string of the molecule is CCc1nnc(NCCCn2cnc3ccccc32)c(C#N)c1CC. The third-order valence-corrected chi connectivity index (χ3v) is 4.35. The molecule has 0 atom stereocenters. The molecule has 1 N–H and O–H groups in total. The minimum Gasteiger partial charge on any atom is -0.367 e. The summed E-state index contributed by atoms with van der Waals surface area (Å²) in [6.07, 6.45) is 4.36. The zero-order chi connectivity index (χ0) is 17.6. The molecule has 0 radical (unpaired) electrons. The van der Waals surface area contributed by atoms with Gasteiger partial charge in [0, 0.05) is 13.1 Å². The summed E-state index contributed by atoms with van der Waals surface area (Å²) in [4.78, 5) is 4.40. The maximum atomic E-state index is 9.51. The second kappa shape index (κ2) is 7.75. The summed E-state index contributed by atoms with van der Waals surface area (Å²) in [7, 11) is 0. The van der Waals surface area contributed by atoms with Gasteiger partial charge in [-0.25, -0.2) is 4.98 Å². The number of aryl methyl sites for hydroxylation is 2. The molecular weight excluding hydrogens is 312 g/mol. The highest BCUT2D eigenvalue weighted by Crippen LogP contribution is 2.20. The Hall–Kier alpha value is -2.94. The number of fused-ring (bicyclic) bond motifs is 1. The van der Waals surface area contributed by atoms with Gasteiger partial charge in [-0.1, -0.05) is 26.0 Å². The highest BCUT2D eigenvalue weighted by molar-refractivity contribution is 5.74. The second-order valence-electron chi connectivity index (χ2n) is 5.87. The number of hydrogen-bond donors (Lipinski definition) is 1. The van der Waals surface area contributed by atoms with Crippen molar-refractivity contribution in [2.75, 3.05) is 11.9 Å². The lowest BCUT2D eigenvalue weighted by Crippen LogP contribution is -2.12. The predicted molar refractivity (Wildman–Crippen MR) is 98.3 cm³/mol. The van der Waals surface area contributed by atoms with E-state index in [1.807, 2.05) is 38.4 Å². The van der Waals surface area contributed by atoms with Crippen LogP contribution in [0.4, 0.5) is 5.82 Å². The first-order valence-corrected chi connectivity index (χ1v) is 8.70. The Labute approximate surface area is 147 Å². The van der Waals surface area contributed by atoms with Gasteiger partial charge >= 0.3 is 0 Å². The zero-order valence-electron chi connectivity index (χ0n) is 14.7. The summed E-state index contributed by atoms with van der Waals surface area (Å²) in [6, 6.07) is 10.4. The van der Waals surface area contributed by atoms with E-state index in [-0.39, 0.29) is 0 Å². The lowest BCUT2D eigenvalue weighted by Gasteiger charge is -2.12. The van der Waals surface area contributed by atoms with Gasteiger partial charge < -0.3 is 9.88 Å². The smallest absolute Gasteiger partial charge is 0.166 e. The Morgan fingerprint density at radius 2 is 2.00 bits per heavy atom. The minimum atomic E-state index is 0.590. The van der Waals surface area contributed by atoms with E-state index in [0.717, 1.165) is 54.6 Å². The number of anilines is 1. The van der Waals surface area contributed by atoms with E-state index in [4.69, 9.17) is 0 Å². The number of nitrogens with one attached hydrogen (secondary N) is 1. The summed E-state index contributed by atoms with van der Waals surface area (Å²) >= 11 is 0. The van der Waals surface area contributed by atoms with Crippen LogP contribution in [0, 0.1) is 11.3 Å². The van der Waals surface area contributed by atoms with Crippen molar-refractivity contribution < 1.29 is 0 Å². The van der Waals surface area contributed by atoms with Crippen LogP contribution in [-0.2, 0) is 19.4 Å². The lowest BCUT2D eigenvalue weighted by molar-refractivity contribution is 0.675. The number of imidazole rings is 1. The molecule has 6 nitrogen and oxygen atoms in total. The number of benzene rings is 1. The molecule has 2 heterocycles. The summed E-state index contributed by atoms with van der Waals surface area (Å²) in [5.41, 5.74) is 4.69. The van der Waals surface area contributed by atoms with Gasteiger partial charge in [-0.2, -0.15) is 10.4 Å². The molecular formula is C19H22N6. The normalized spacial score (nSPS) is 10.8. The van der Waals surface area contributed by atoms with E-state index in [9.17, 15) is 5.26 Å². The van der Waals surface area contributed by atoms with Crippen molar-refractivity contribution in [1.29, 1.82) is 5.26 Å². The minimum absolute atomic E-state index is 0.590. The third kappa shape index (κ3) is 3.45. The fourth-order valence-electron chi connectivity index (χ4n) is 3.06. The van der Waals surface area contributed by atoms with Gasteiger partial charge in [-0.3, -0.25) is 0 Å². The van der Waals surface area contributed by atoms with Crippen LogP contribution >= 0.6 is 0 Å². The highest BCUT2D eigenvalue weighted by atomic mass is 15.2. The molecule has 0 saturated carbocycles. The molecule has 0 unspecified atom stereocenters. The number of rotatable bonds is 7. The molecule has 0 aliphatic heterocycles. The second-order valence-corrected chi connectivity index (χ2v) is 5.87. The van der Waals surface area contributed by atoms with Crippen molar-refractivity contribution in [3.8, 4) is 6.07 Å². The highest BCUT2D eigenvalue weighted by Gasteiger charge is 2.13. The Bertz CT molecular complexity index is 906. The predicted octanol–water partition coefficient (Wildman–Crippen LogP) is 3.32. The maximum absolute atomic E-state index is 9.51. The van der Waals surface area contributed by atoms with Crippen molar-refractivity contribution in [3.05, 3.63) is 47.4 Å². The van der Waals surface area contributed by atoms with Crippen LogP contribution in [0.15, 0.2) is 30.6 Å². The largest absolute Gasteiger partial charge is 0.367 e. The quantitative estimate of drug-likeness (QED) is 0.670. The van der Waals surface area contributed by atoms with E-state index in [2.05, 4.69) is 37.2 Å². The number of nitriles is 1. The molecule has 1 aromatic carbocycles. The zero-order valence-corrected chi connectivity index (χ0v) is 14.7. The van der Waals surface area contributed by atoms with Crippen molar-refractivity contribution in [1.82, 2.24) is 19.7 Å². The van der Waals surface area contributed by atoms with E-state index >= 15 is 0 Å². The number of nitrogens with zero attached hydrogens (tertiary/aromatic N) is 5. The van der Waals surface area contributed by atoms with Crippen LogP contribution < -0.4 is 5.32 Å². The Balaban J connectivity index is 1.65. The monoisotopic (exact) mass is 334 g/mol. The van der Waals surface area contributed by atoms with Crippen molar-refractivity contribution in [2.24, 2.45) is 0 Å². The molecule has 0 saturated heterocycles. The van der Waals surface area contributed by atoms with Crippen molar-refractivity contribution >= 4 is 16.9 Å². The third-order valence-electron chi connectivity index (χ3n) is 4.35. The van der Waals surface area contributed by atoms with Gasteiger partial charge in [0.25, 0.3) is 0 Å². The summed E-state index contributed by atoms with van der Waals surface area (Å²) in [5, 5.41) is 21.3. The first kappa shape index (κ1) is 16.9.